The standard InChI is InChI=1S/C19H29N3O2/c1-15(2)17-4-3-5-18(12-17)20-19(23)22-7-6-16(14-22)13-21-8-10-24-11-9-21/h3-5,12,15-16H,6-11,13-14H2,1-2H3,(H,20,23)/t16-/m1/s1. The minimum atomic E-state index is 0.0281. The van der Waals surface area contributed by atoms with Gasteiger partial charge < -0.3 is 15.0 Å². The number of hydrogen-bond acceptors (Lipinski definition) is 3. The maximum Gasteiger partial charge on any atom is 0.321 e. The first-order valence-corrected chi connectivity index (χ1v) is 9.08. The van der Waals surface area contributed by atoms with Gasteiger partial charge in [-0.25, -0.2) is 4.79 Å². The first kappa shape index (κ1) is 17.2. The molecule has 1 N–H and O–H groups in total. The minimum absolute atomic E-state index is 0.0281. The highest BCUT2D eigenvalue weighted by atomic mass is 16.5. The molecule has 1 atom stereocenters. The van der Waals surface area contributed by atoms with Crippen molar-refractivity contribution < 1.29 is 9.53 Å². The summed E-state index contributed by atoms with van der Waals surface area (Å²) in [7, 11) is 0. The molecule has 5 heteroatoms. The summed E-state index contributed by atoms with van der Waals surface area (Å²) in [6.07, 6.45) is 1.09. The van der Waals surface area contributed by atoms with Crippen LogP contribution in [0, 0.1) is 5.92 Å². The Balaban J connectivity index is 1.50. The van der Waals surface area contributed by atoms with Crippen LogP contribution in [0.2, 0.25) is 0 Å². The van der Waals surface area contributed by atoms with Crippen LogP contribution >= 0.6 is 0 Å². The first-order chi connectivity index (χ1) is 11.6. The number of rotatable bonds is 4. The van der Waals surface area contributed by atoms with Gasteiger partial charge in [0, 0.05) is 38.4 Å². The summed E-state index contributed by atoms with van der Waals surface area (Å²) in [5, 5.41) is 3.06. The molecule has 0 unspecified atom stereocenters. The lowest BCUT2D eigenvalue weighted by Crippen LogP contribution is -2.40. The predicted molar refractivity (Wildman–Crippen MR) is 96.5 cm³/mol. The van der Waals surface area contributed by atoms with Gasteiger partial charge in [0.25, 0.3) is 0 Å². The van der Waals surface area contributed by atoms with Crippen molar-refractivity contribution in [3.8, 4) is 0 Å². The van der Waals surface area contributed by atoms with Crippen molar-refractivity contribution >= 4 is 11.7 Å². The minimum Gasteiger partial charge on any atom is -0.379 e. The van der Waals surface area contributed by atoms with Gasteiger partial charge in [-0.1, -0.05) is 26.0 Å². The van der Waals surface area contributed by atoms with Crippen LogP contribution in [0.25, 0.3) is 0 Å². The lowest BCUT2D eigenvalue weighted by Gasteiger charge is -2.29. The van der Waals surface area contributed by atoms with Gasteiger partial charge in [-0.15, -0.1) is 0 Å². The van der Waals surface area contributed by atoms with E-state index in [2.05, 4.69) is 36.2 Å². The summed E-state index contributed by atoms with van der Waals surface area (Å²) in [6, 6.07) is 8.18. The molecule has 24 heavy (non-hydrogen) atoms. The number of nitrogens with one attached hydrogen (secondary N) is 1. The monoisotopic (exact) mass is 331 g/mol. The van der Waals surface area contributed by atoms with E-state index in [4.69, 9.17) is 4.74 Å². The lowest BCUT2D eigenvalue weighted by atomic mass is 10.0. The molecule has 0 radical (unpaired) electrons. The number of likely N-dealkylation sites (tertiary alicyclic amines) is 1. The second kappa shape index (κ2) is 7.99. The van der Waals surface area contributed by atoms with Crippen molar-refractivity contribution in [2.24, 2.45) is 5.92 Å². The number of nitrogens with zero attached hydrogens (tertiary/aromatic N) is 2. The normalized spacial score (nSPS) is 22.1. The topological polar surface area (TPSA) is 44.8 Å². The smallest absolute Gasteiger partial charge is 0.321 e. The van der Waals surface area contributed by atoms with Gasteiger partial charge in [0.15, 0.2) is 0 Å². The van der Waals surface area contributed by atoms with Crippen LogP contribution in [-0.2, 0) is 4.74 Å². The van der Waals surface area contributed by atoms with E-state index in [9.17, 15) is 4.79 Å². The van der Waals surface area contributed by atoms with Gasteiger partial charge in [-0.05, 0) is 36.0 Å². The summed E-state index contributed by atoms with van der Waals surface area (Å²) in [5.41, 5.74) is 2.14. The number of amides is 2. The molecule has 2 amide bonds. The van der Waals surface area contributed by atoms with E-state index in [1.807, 2.05) is 17.0 Å². The van der Waals surface area contributed by atoms with Gasteiger partial charge in [0.1, 0.15) is 0 Å². The van der Waals surface area contributed by atoms with Crippen LogP contribution in [0.3, 0.4) is 0 Å². The Bertz CT molecular complexity index is 555. The number of morpholine rings is 1. The lowest BCUT2D eigenvalue weighted by molar-refractivity contribution is 0.0314. The van der Waals surface area contributed by atoms with E-state index in [0.29, 0.717) is 11.8 Å². The number of urea groups is 1. The number of anilines is 1. The van der Waals surface area contributed by atoms with Crippen molar-refractivity contribution in [1.82, 2.24) is 9.80 Å². The Morgan fingerprint density at radius 1 is 1.29 bits per heavy atom. The number of carbonyl (C=O) groups excluding carboxylic acids is 1. The van der Waals surface area contributed by atoms with Gasteiger partial charge in [0.05, 0.1) is 13.2 Å². The van der Waals surface area contributed by atoms with Crippen molar-refractivity contribution in [3.05, 3.63) is 29.8 Å². The molecular formula is C19H29N3O2. The Hall–Kier alpha value is -1.59. The molecule has 2 heterocycles. The highest BCUT2D eigenvalue weighted by Gasteiger charge is 2.28. The fraction of sp³-hybridized carbons (Fsp3) is 0.632. The molecule has 2 aliphatic heterocycles. The number of hydrogen-bond donors (Lipinski definition) is 1. The SMILES string of the molecule is CC(C)c1cccc(NC(=O)N2CC[C@H](CN3CCOCC3)C2)c1. The predicted octanol–water partition coefficient (Wildman–Crippen LogP) is 3.00. The third kappa shape index (κ3) is 4.48. The van der Waals surface area contributed by atoms with E-state index in [-0.39, 0.29) is 6.03 Å². The largest absolute Gasteiger partial charge is 0.379 e. The zero-order chi connectivity index (χ0) is 16.9. The number of carbonyl (C=O) groups is 1. The third-order valence-corrected chi connectivity index (χ3v) is 5.00. The van der Waals surface area contributed by atoms with Crippen molar-refractivity contribution in [2.75, 3.05) is 51.3 Å². The van der Waals surface area contributed by atoms with Gasteiger partial charge in [-0.3, -0.25) is 4.90 Å². The van der Waals surface area contributed by atoms with E-state index < -0.39 is 0 Å². The van der Waals surface area contributed by atoms with Gasteiger partial charge in [0.2, 0.25) is 0 Å². The Labute approximate surface area is 145 Å². The van der Waals surface area contributed by atoms with Gasteiger partial charge in [-0.2, -0.15) is 0 Å². The Kier molecular flexibility index (Phi) is 5.74. The molecule has 0 aromatic heterocycles. The highest BCUT2D eigenvalue weighted by molar-refractivity contribution is 5.89. The maximum atomic E-state index is 12.5. The Morgan fingerprint density at radius 3 is 2.83 bits per heavy atom. The average Bonchev–Trinajstić information content (AvgIpc) is 3.04. The van der Waals surface area contributed by atoms with Crippen LogP contribution in [0.1, 0.15) is 31.7 Å². The number of benzene rings is 1. The molecule has 2 fully saturated rings. The maximum absolute atomic E-state index is 12.5. The fourth-order valence-electron chi connectivity index (χ4n) is 3.49. The molecule has 2 saturated heterocycles. The zero-order valence-electron chi connectivity index (χ0n) is 14.8. The molecule has 0 saturated carbocycles. The molecule has 0 aliphatic carbocycles. The van der Waals surface area contributed by atoms with Crippen LogP contribution in [-0.4, -0.2) is 61.8 Å². The van der Waals surface area contributed by atoms with Crippen LogP contribution in [0.4, 0.5) is 10.5 Å². The quantitative estimate of drug-likeness (QED) is 0.922. The summed E-state index contributed by atoms with van der Waals surface area (Å²) in [4.78, 5) is 16.9. The summed E-state index contributed by atoms with van der Waals surface area (Å²) in [6.45, 7) is 10.8. The van der Waals surface area contributed by atoms with Crippen molar-refractivity contribution in [1.29, 1.82) is 0 Å². The molecule has 0 spiro atoms. The van der Waals surface area contributed by atoms with E-state index >= 15 is 0 Å². The molecule has 1 aromatic rings. The van der Waals surface area contributed by atoms with Crippen LogP contribution < -0.4 is 5.32 Å². The molecular weight excluding hydrogens is 302 g/mol. The average molecular weight is 331 g/mol. The molecule has 1 aromatic carbocycles. The van der Waals surface area contributed by atoms with Crippen molar-refractivity contribution in [3.63, 3.8) is 0 Å². The van der Waals surface area contributed by atoms with Crippen LogP contribution in [0.15, 0.2) is 24.3 Å². The first-order valence-electron chi connectivity index (χ1n) is 9.08. The zero-order valence-corrected chi connectivity index (χ0v) is 14.8. The summed E-state index contributed by atoms with van der Waals surface area (Å²) in [5.74, 6) is 1.04. The fourth-order valence-corrected chi connectivity index (χ4v) is 3.49. The second-order valence-electron chi connectivity index (χ2n) is 7.22. The molecule has 2 aliphatic rings. The molecule has 5 nitrogen and oxygen atoms in total. The third-order valence-electron chi connectivity index (χ3n) is 5.00. The summed E-state index contributed by atoms with van der Waals surface area (Å²) >= 11 is 0. The van der Waals surface area contributed by atoms with Crippen molar-refractivity contribution in [2.45, 2.75) is 26.2 Å². The second-order valence-corrected chi connectivity index (χ2v) is 7.22. The van der Waals surface area contributed by atoms with Gasteiger partial charge >= 0.3 is 6.03 Å². The molecule has 3 rings (SSSR count). The molecule has 132 valence electrons. The highest BCUT2D eigenvalue weighted by Crippen LogP contribution is 2.21. The summed E-state index contributed by atoms with van der Waals surface area (Å²) < 4.78 is 5.40. The Morgan fingerprint density at radius 2 is 2.08 bits per heavy atom. The van der Waals surface area contributed by atoms with E-state index in [1.54, 1.807) is 0 Å². The van der Waals surface area contributed by atoms with Crippen LogP contribution in [0.5, 0.6) is 0 Å². The number of ether oxygens (including phenoxy) is 1. The molecule has 0 bridgehead atoms. The van der Waals surface area contributed by atoms with E-state index in [1.165, 1.54) is 5.56 Å². The van der Waals surface area contributed by atoms with E-state index in [0.717, 1.165) is 58.0 Å².